The molecule has 0 radical (unpaired) electrons. The Kier molecular flexibility index (Phi) is 19.1. The van der Waals surface area contributed by atoms with E-state index < -0.39 is 177 Å². The molecular formula is C56H96O22. The van der Waals surface area contributed by atoms with Gasteiger partial charge in [0.15, 0.2) is 25.2 Å². The summed E-state index contributed by atoms with van der Waals surface area (Å²) in [5.41, 5.74) is -1.77. The first kappa shape index (κ1) is 62.9. The molecule has 0 spiro atoms. The molecule has 78 heavy (non-hydrogen) atoms. The van der Waals surface area contributed by atoms with Crippen LogP contribution in [0.25, 0.3) is 0 Å². The summed E-state index contributed by atoms with van der Waals surface area (Å²) >= 11 is 0. The molecule has 4 aliphatic heterocycles. The zero-order valence-corrected chi connectivity index (χ0v) is 47.2. The molecule has 0 amide bonds. The summed E-state index contributed by atoms with van der Waals surface area (Å²) < 4.78 is 48.0. The van der Waals surface area contributed by atoms with E-state index >= 15 is 0 Å². The Labute approximate surface area is 458 Å². The Morgan fingerprint density at radius 1 is 0.603 bits per heavy atom. The van der Waals surface area contributed by atoms with Crippen LogP contribution < -0.4 is 0 Å². The highest BCUT2D eigenvalue weighted by atomic mass is 16.7. The van der Waals surface area contributed by atoms with Crippen molar-refractivity contribution in [3.63, 3.8) is 0 Å². The lowest BCUT2D eigenvalue weighted by molar-refractivity contribution is -0.340. The van der Waals surface area contributed by atoms with Crippen molar-refractivity contribution in [3.8, 4) is 0 Å². The smallest absolute Gasteiger partial charge is 0.187 e. The Morgan fingerprint density at radius 2 is 1.14 bits per heavy atom. The Bertz CT molecular complexity index is 2020. The van der Waals surface area contributed by atoms with Crippen molar-refractivity contribution in [3.05, 3.63) is 11.6 Å². The number of ether oxygens (including phenoxy) is 8. The monoisotopic (exact) mass is 1120 g/mol. The van der Waals surface area contributed by atoms with Crippen LogP contribution in [0.4, 0.5) is 0 Å². The van der Waals surface area contributed by atoms with Crippen LogP contribution in [0.3, 0.4) is 0 Å². The number of hydrogen-bond donors (Lipinski definition) is 14. The summed E-state index contributed by atoms with van der Waals surface area (Å²) in [6.07, 6.45) is -18.9. The van der Waals surface area contributed by atoms with E-state index in [1.165, 1.54) is 0 Å². The van der Waals surface area contributed by atoms with Crippen molar-refractivity contribution in [1.82, 2.24) is 0 Å². The van der Waals surface area contributed by atoms with Crippen molar-refractivity contribution < 1.29 is 109 Å². The molecule has 3 saturated carbocycles. The number of rotatable bonds is 17. The van der Waals surface area contributed by atoms with Crippen LogP contribution in [0.2, 0.25) is 0 Å². The van der Waals surface area contributed by atoms with Gasteiger partial charge < -0.3 is 109 Å². The largest absolute Gasteiger partial charge is 0.394 e. The predicted octanol–water partition coefficient (Wildman–Crippen LogP) is -0.681. The van der Waals surface area contributed by atoms with Gasteiger partial charge in [0.2, 0.25) is 0 Å². The highest BCUT2D eigenvalue weighted by Crippen LogP contribution is 2.75. The first-order valence-electron chi connectivity index (χ1n) is 28.7. The number of allylic oxidation sites excluding steroid dienone is 1. The molecular weight excluding hydrogens is 1020 g/mol. The van der Waals surface area contributed by atoms with Crippen LogP contribution in [0.1, 0.15) is 121 Å². The lowest BCUT2D eigenvalue weighted by Gasteiger charge is -2.67. The minimum Gasteiger partial charge on any atom is -0.394 e. The number of aliphatic hydroxyl groups excluding tert-OH is 13. The summed E-state index contributed by atoms with van der Waals surface area (Å²) in [4.78, 5) is 0. The van der Waals surface area contributed by atoms with Gasteiger partial charge in [-0.3, -0.25) is 0 Å². The normalized spacial score (nSPS) is 51.4. The van der Waals surface area contributed by atoms with Gasteiger partial charge >= 0.3 is 0 Å². The van der Waals surface area contributed by atoms with Gasteiger partial charge in [-0.15, -0.1) is 0 Å². The summed E-state index contributed by atoms with van der Waals surface area (Å²) in [6, 6.07) is 0. The Balaban J connectivity index is 0.909. The molecule has 3 unspecified atom stereocenters. The Hall–Kier alpha value is -1.14. The van der Waals surface area contributed by atoms with Crippen molar-refractivity contribution in [2.24, 2.45) is 57.2 Å². The number of hydrogen-bond acceptors (Lipinski definition) is 22. The maximum Gasteiger partial charge on any atom is 0.187 e. The van der Waals surface area contributed by atoms with E-state index in [4.69, 9.17) is 37.9 Å². The molecule has 0 aromatic heterocycles. The highest BCUT2D eigenvalue weighted by Gasteiger charge is 2.70. The summed E-state index contributed by atoms with van der Waals surface area (Å²) in [5, 5.41) is 151. The van der Waals surface area contributed by atoms with Gasteiger partial charge in [-0.2, -0.15) is 0 Å². The molecule has 0 aromatic rings. The van der Waals surface area contributed by atoms with E-state index in [1.807, 2.05) is 0 Å². The standard InChI is InChI=1S/C56H96O22/c1-24(11-15-37(53(6,7)70)78-50-45(67)39(61)25(2)32(75-50)22-71-48-40(62)26(3)38(60)30(20-57)73-48)27-17-18-54(8)34-14-12-28-29(56(34,10)35(59)19-55(27,54)9)13-16-36(52(28,4)5)77-51-47(69)44(66)42(64)33(76-51)23-72-49-46(68)43(65)41(63)31(21-58)74-49/h12,24-27,29-51,57-70H,11,13-23H2,1-10H3/t24-,25-,26+,27?,29?,30-,31-,32-,33-,34?,35-,36+,37-,38+,39+,40-,41-,42-,43+,44+,45-,46-,47-,48-,49-,50+,51+,54+,55-,56+/m1/s1. The fourth-order valence-electron chi connectivity index (χ4n) is 15.9. The zero-order chi connectivity index (χ0) is 57.5. The van der Waals surface area contributed by atoms with Gasteiger partial charge in [-0.25, -0.2) is 0 Å². The van der Waals surface area contributed by atoms with Gasteiger partial charge in [0, 0.05) is 22.7 Å². The number of aliphatic hydroxyl groups is 14. The molecule has 7 fully saturated rings. The molecule has 22 nitrogen and oxygen atoms in total. The molecule has 14 N–H and O–H groups in total. The third-order valence-corrected chi connectivity index (χ3v) is 21.5. The van der Waals surface area contributed by atoms with Gasteiger partial charge in [0.05, 0.1) is 68.7 Å². The second kappa shape index (κ2) is 23.7. The van der Waals surface area contributed by atoms with E-state index in [-0.39, 0.29) is 41.1 Å². The summed E-state index contributed by atoms with van der Waals surface area (Å²) in [5.74, 6) is -0.810. The molecule has 452 valence electrons. The first-order valence-corrected chi connectivity index (χ1v) is 28.7. The lowest BCUT2D eigenvalue weighted by atomic mass is 9.38. The van der Waals surface area contributed by atoms with E-state index in [0.29, 0.717) is 32.1 Å². The molecule has 4 saturated heterocycles. The second-order valence-corrected chi connectivity index (χ2v) is 26.7. The van der Waals surface area contributed by atoms with Gasteiger partial charge in [-0.05, 0) is 99.7 Å². The predicted molar refractivity (Wildman–Crippen MR) is 274 cm³/mol. The molecule has 4 heterocycles. The maximum absolute atomic E-state index is 12.7. The van der Waals surface area contributed by atoms with Gasteiger partial charge in [0.1, 0.15) is 67.1 Å². The molecule has 22 heteroatoms. The first-order chi connectivity index (χ1) is 36.4. The van der Waals surface area contributed by atoms with Crippen LogP contribution in [-0.4, -0.2) is 232 Å². The zero-order valence-electron chi connectivity index (χ0n) is 47.2. The summed E-state index contributed by atoms with van der Waals surface area (Å²) in [7, 11) is 0. The van der Waals surface area contributed by atoms with Crippen LogP contribution in [0.5, 0.6) is 0 Å². The quantitative estimate of drug-likeness (QED) is 0.0802. The van der Waals surface area contributed by atoms with Gasteiger partial charge in [0.25, 0.3) is 0 Å². The highest BCUT2D eigenvalue weighted by molar-refractivity contribution is 5.32. The fraction of sp³-hybridized carbons (Fsp3) is 0.964. The van der Waals surface area contributed by atoms with Crippen molar-refractivity contribution in [2.75, 3.05) is 26.4 Å². The third-order valence-electron chi connectivity index (χ3n) is 21.5. The average Bonchev–Trinajstić information content (AvgIpc) is 3.90. The SMILES string of the molecule is C[C@@H]1[C@@H](O)[C@H](OC[C@H]2O[C@@H](O[C@H](CC[C@@H](C)C3CC[C@@]4(C)C5CC=C6C(CC[C@H](O[C@@H]7O[C@H](CO[C@@H]8O[C@H](CO)[C@@H](O)[C@H](O)[C@H]8O)[C@@H](O)[C@H](O)[C@H]7O)C6(C)C)[C@]5(C)[C@H](O)C[C@]34C)C(C)(C)O)[C@H](O)[C@@H](O)[C@@H]2C)O[C@H](CO)[C@H]1O. The fourth-order valence-corrected chi connectivity index (χ4v) is 15.9. The number of fused-ring (bicyclic) bond motifs is 5. The molecule has 8 aliphatic rings. The summed E-state index contributed by atoms with van der Waals surface area (Å²) in [6.45, 7) is 18.2. The molecule has 4 aliphatic carbocycles. The Morgan fingerprint density at radius 3 is 1.76 bits per heavy atom. The molecule has 30 atom stereocenters. The minimum atomic E-state index is -1.70. The molecule has 0 aromatic carbocycles. The van der Waals surface area contributed by atoms with Crippen LogP contribution in [0.15, 0.2) is 11.6 Å². The van der Waals surface area contributed by atoms with Crippen molar-refractivity contribution >= 4 is 0 Å². The third kappa shape index (κ3) is 11.1. The van der Waals surface area contributed by atoms with Crippen molar-refractivity contribution in [1.29, 1.82) is 0 Å². The average molecular weight is 1120 g/mol. The van der Waals surface area contributed by atoms with E-state index in [2.05, 4.69) is 47.6 Å². The maximum atomic E-state index is 12.7. The topological polar surface area (TPSA) is 357 Å². The second-order valence-electron chi connectivity index (χ2n) is 26.7. The minimum absolute atomic E-state index is 0.00138. The molecule has 8 rings (SSSR count). The van der Waals surface area contributed by atoms with E-state index in [9.17, 15) is 71.5 Å². The van der Waals surface area contributed by atoms with Crippen LogP contribution in [0, 0.1) is 57.2 Å². The van der Waals surface area contributed by atoms with Crippen LogP contribution >= 0.6 is 0 Å². The van der Waals surface area contributed by atoms with Crippen LogP contribution in [-0.2, 0) is 37.9 Å². The lowest BCUT2D eigenvalue weighted by Crippen LogP contribution is -2.65. The van der Waals surface area contributed by atoms with Crippen molar-refractivity contribution in [2.45, 2.75) is 255 Å². The van der Waals surface area contributed by atoms with Gasteiger partial charge in [-0.1, -0.05) is 67.0 Å². The van der Waals surface area contributed by atoms with E-state index in [0.717, 1.165) is 24.8 Å². The van der Waals surface area contributed by atoms with E-state index in [1.54, 1.807) is 27.7 Å². The molecule has 0 bridgehead atoms.